The predicted molar refractivity (Wildman–Crippen MR) is 75.8 cm³/mol. The zero-order valence-corrected chi connectivity index (χ0v) is 11.7. The Morgan fingerprint density at radius 3 is 2.62 bits per heavy atom. The normalized spacial score (nSPS) is 20.9. The Kier molecular flexibility index (Phi) is 3.95. The third-order valence-corrected chi connectivity index (χ3v) is 3.34. The molecule has 0 unspecified atom stereocenters. The molecule has 1 saturated heterocycles. The lowest BCUT2D eigenvalue weighted by molar-refractivity contribution is -0.384. The highest BCUT2D eigenvalue weighted by molar-refractivity contribution is 5.67. The lowest BCUT2D eigenvalue weighted by Gasteiger charge is -2.29. The summed E-state index contributed by atoms with van der Waals surface area (Å²) < 4.78 is 5.47. The SMILES string of the molecule is CC1(C)OC[C@@H](C=Cc2ccc([N+](=O)[O-])cc2)N1C(=O)O. The van der Waals surface area contributed by atoms with Crippen LogP contribution in [0.1, 0.15) is 19.4 Å². The van der Waals surface area contributed by atoms with Crippen molar-refractivity contribution < 1.29 is 19.6 Å². The molecule has 1 atom stereocenters. The van der Waals surface area contributed by atoms with Crippen LogP contribution in [0.4, 0.5) is 10.5 Å². The summed E-state index contributed by atoms with van der Waals surface area (Å²) in [5.41, 5.74) is -0.0867. The molecule has 1 N–H and O–H groups in total. The summed E-state index contributed by atoms with van der Waals surface area (Å²) in [6, 6.07) is 5.65. The van der Waals surface area contributed by atoms with E-state index in [4.69, 9.17) is 4.74 Å². The Hall–Kier alpha value is -2.41. The van der Waals surface area contributed by atoms with Gasteiger partial charge >= 0.3 is 6.09 Å². The standard InChI is InChI=1S/C14H16N2O5/c1-14(2)15(13(17)18)12(9-21-14)8-5-10-3-6-11(7-4-10)16(19)20/h3-8,12H,9H2,1-2H3,(H,17,18)/t12-/m1/s1. The number of nitro benzene ring substituents is 1. The molecule has 7 heteroatoms. The second-order valence-corrected chi connectivity index (χ2v) is 5.19. The molecule has 2 rings (SSSR count). The third-order valence-electron chi connectivity index (χ3n) is 3.34. The number of hydrogen-bond acceptors (Lipinski definition) is 4. The van der Waals surface area contributed by atoms with Gasteiger partial charge in [-0.1, -0.05) is 12.2 Å². The van der Waals surface area contributed by atoms with Crippen LogP contribution in [0.2, 0.25) is 0 Å². The van der Waals surface area contributed by atoms with E-state index >= 15 is 0 Å². The van der Waals surface area contributed by atoms with Crippen molar-refractivity contribution >= 4 is 17.9 Å². The van der Waals surface area contributed by atoms with E-state index in [0.717, 1.165) is 5.56 Å². The number of benzene rings is 1. The topological polar surface area (TPSA) is 92.9 Å². The summed E-state index contributed by atoms with van der Waals surface area (Å²) in [6.07, 6.45) is 2.41. The Morgan fingerprint density at radius 1 is 1.48 bits per heavy atom. The Balaban J connectivity index is 2.13. The second-order valence-electron chi connectivity index (χ2n) is 5.19. The van der Waals surface area contributed by atoms with E-state index in [0.29, 0.717) is 0 Å². The Labute approximate surface area is 121 Å². The molecule has 1 fully saturated rings. The van der Waals surface area contributed by atoms with E-state index in [1.54, 1.807) is 38.1 Å². The maximum atomic E-state index is 11.3. The van der Waals surface area contributed by atoms with Crippen molar-refractivity contribution in [2.24, 2.45) is 0 Å². The molecular weight excluding hydrogens is 276 g/mol. The molecule has 21 heavy (non-hydrogen) atoms. The molecule has 0 aliphatic carbocycles. The van der Waals surface area contributed by atoms with Crippen LogP contribution >= 0.6 is 0 Å². The van der Waals surface area contributed by atoms with E-state index in [2.05, 4.69) is 0 Å². The number of ether oxygens (including phenoxy) is 1. The van der Waals surface area contributed by atoms with Gasteiger partial charge < -0.3 is 9.84 Å². The monoisotopic (exact) mass is 292 g/mol. The quantitative estimate of drug-likeness (QED) is 0.683. The van der Waals surface area contributed by atoms with Crippen molar-refractivity contribution in [2.45, 2.75) is 25.6 Å². The van der Waals surface area contributed by atoms with Gasteiger partial charge in [0.25, 0.3) is 5.69 Å². The number of carboxylic acid groups (broad SMARTS) is 1. The van der Waals surface area contributed by atoms with Gasteiger partial charge in [-0.25, -0.2) is 4.79 Å². The predicted octanol–water partition coefficient (Wildman–Crippen LogP) is 2.72. The molecule has 0 aromatic heterocycles. The molecule has 0 spiro atoms. The van der Waals surface area contributed by atoms with Crippen LogP contribution in [0.15, 0.2) is 30.3 Å². The minimum Gasteiger partial charge on any atom is -0.465 e. The van der Waals surface area contributed by atoms with Gasteiger partial charge in [-0.3, -0.25) is 15.0 Å². The summed E-state index contributed by atoms with van der Waals surface area (Å²) in [6.45, 7) is 3.67. The maximum Gasteiger partial charge on any atom is 0.410 e. The van der Waals surface area contributed by atoms with E-state index in [9.17, 15) is 20.0 Å². The van der Waals surface area contributed by atoms with Gasteiger partial charge in [0.15, 0.2) is 0 Å². The van der Waals surface area contributed by atoms with Gasteiger partial charge in [-0.2, -0.15) is 0 Å². The highest BCUT2D eigenvalue weighted by atomic mass is 16.6. The molecule has 0 bridgehead atoms. The molecule has 1 aliphatic rings. The molecule has 7 nitrogen and oxygen atoms in total. The zero-order chi connectivity index (χ0) is 15.6. The minimum atomic E-state index is -1.05. The van der Waals surface area contributed by atoms with Crippen molar-refractivity contribution in [2.75, 3.05) is 6.61 Å². The average Bonchev–Trinajstić information content (AvgIpc) is 2.72. The molecular formula is C14H16N2O5. The molecule has 0 radical (unpaired) electrons. The summed E-state index contributed by atoms with van der Waals surface area (Å²) in [5.74, 6) is 0. The first-order valence-corrected chi connectivity index (χ1v) is 6.40. The van der Waals surface area contributed by atoms with E-state index < -0.39 is 16.7 Å². The second kappa shape index (κ2) is 5.53. The summed E-state index contributed by atoms with van der Waals surface area (Å²) >= 11 is 0. The lowest BCUT2D eigenvalue weighted by atomic mass is 10.1. The Morgan fingerprint density at radius 2 is 2.10 bits per heavy atom. The van der Waals surface area contributed by atoms with Crippen LogP contribution in [0.5, 0.6) is 0 Å². The molecule has 1 aromatic rings. The first-order chi connectivity index (χ1) is 9.81. The smallest absolute Gasteiger partial charge is 0.410 e. The number of hydrogen-bond donors (Lipinski definition) is 1. The van der Waals surface area contributed by atoms with Crippen LogP contribution < -0.4 is 0 Å². The summed E-state index contributed by atoms with van der Waals surface area (Å²) in [5, 5.41) is 19.8. The number of non-ortho nitro benzene ring substituents is 1. The Bertz CT molecular complexity index is 580. The van der Waals surface area contributed by atoms with Crippen molar-refractivity contribution in [1.29, 1.82) is 0 Å². The summed E-state index contributed by atoms with van der Waals surface area (Å²) in [7, 11) is 0. The largest absolute Gasteiger partial charge is 0.465 e. The van der Waals surface area contributed by atoms with Crippen molar-refractivity contribution in [3.8, 4) is 0 Å². The summed E-state index contributed by atoms with van der Waals surface area (Å²) in [4.78, 5) is 22.6. The van der Waals surface area contributed by atoms with E-state index in [1.807, 2.05) is 0 Å². The van der Waals surface area contributed by atoms with Gasteiger partial charge in [-0.05, 0) is 31.5 Å². The first kappa shape index (κ1) is 15.0. The maximum absolute atomic E-state index is 11.3. The van der Waals surface area contributed by atoms with Gasteiger partial charge in [0, 0.05) is 12.1 Å². The molecule has 112 valence electrons. The van der Waals surface area contributed by atoms with Crippen LogP contribution in [-0.2, 0) is 4.74 Å². The highest BCUT2D eigenvalue weighted by Gasteiger charge is 2.42. The van der Waals surface area contributed by atoms with Crippen LogP contribution in [0.3, 0.4) is 0 Å². The van der Waals surface area contributed by atoms with Crippen molar-refractivity contribution in [3.05, 3.63) is 46.0 Å². The highest BCUT2D eigenvalue weighted by Crippen LogP contribution is 2.28. The third kappa shape index (κ3) is 3.19. The van der Waals surface area contributed by atoms with Crippen molar-refractivity contribution in [1.82, 2.24) is 4.90 Å². The van der Waals surface area contributed by atoms with Crippen LogP contribution in [-0.4, -0.2) is 39.4 Å². The molecule has 1 aromatic carbocycles. The van der Waals surface area contributed by atoms with Crippen LogP contribution in [0.25, 0.3) is 6.08 Å². The van der Waals surface area contributed by atoms with Gasteiger partial charge in [0.1, 0.15) is 5.72 Å². The molecule has 0 saturated carbocycles. The number of nitro groups is 1. The molecule has 1 aliphatic heterocycles. The van der Waals surface area contributed by atoms with Crippen molar-refractivity contribution in [3.63, 3.8) is 0 Å². The fraction of sp³-hybridized carbons (Fsp3) is 0.357. The van der Waals surface area contributed by atoms with Gasteiger partial charge in [-0.15, -0.1) is 0 Å². The zero-order valence-electron chi connectivity index (χ0n) is 11.7. The lowest BCUT2D eigenvalue weighted by Crippen LogP contribution is -2.46. The number of rotatable bonds is 3. The fourth-order valence-electron chi connectivity index (χ4n) is 2.28. The van der Waals surface area contributed by atoms with Crippen LogP contribution in [0, 0.1) is 10.1 Å². The first-order valence-electron chi connectivity index (χ1n) is 6.40. The van der Waals surface area contributed by atoms with E-state index in [-0.39, 0.29) is 18.3 Å². The van der Waals surface area contributed by atoms with Gasteiger partial charge in [0.2, 0.25) is 0 Å². The number of nitrogens with zero attached hydrogens (tertiary/aromatic N) is 2. The van der Waals surface area contributed by atoms with Gasteiger partial charge in [0.05, 0.1) is 17.6 Å². The molecule has 1 heterocycles. The number of carbonyl (C=O) groups is 1. The molecule has 1 amide bonds. The van der Waals surface area contributed by atoms with E-state index in [1.165, 1.54) is 17.0 Å². The average molecular weight is 292 g/mol. The minimum absolute atomic E-state index is 0.0182. The fourth-order valence-corrected chi connectivity index (χ4v) is 2.28. The number of amides is 1.